The van der Waals surface area contributed by atoms with E-state index in [1.54, 1.807) is 12.1 Å². The molecule has 0 radical (unpaired) electrons. The predicted octanol–water partition coefficient (Wildman–Crippen LogP) is 3.82. The van der Waals surface area contributed by atoms with Crippen molar-refractivity contribution in [2.45, 2.75) is 6.42 Å². The van der Waals surface area contributed by atoms with Crippen LogP contribution in [0.15, 0.2) is 57.7 Å². The Bertz CT molecular complexity index is 986. The van der Waals surface area contributed by atoms with Crippen molar-refractivity contribution >= 4 is 34.1 Å². The zero-order chi connectivity index (χ0) is 18.5. The van der Waals surface area contributed by atoms with E-state index in [1.807, 2.05) is 30.3 Å². The van der Waals surface area contributed by atoms with Crippen LogP contribution in [0, 0.1) is 0 Å². The van der Waals surface area contributed by atoms with E-state index in [4.69, 9.17) is 20.8 Å². The standard InChI is InChI=1S/C19H17ClN2O4/c1-21-19(24)22-13-7-8-14-15(11-13)17(23)26-18(16(14)20)25-10-9-12-5-3-2-4-6-12/h2-8,11H,9-10H2,1H3,(H2,21,22,24). The Morgan fingerprint density at radius 2 is 1.92 bits per heavy atom. The molecule has 7 heteroatoms. The fraction of sp³-hybridized carbons (Fsp3) is 0.158. The highest BCUT2D eigenvalue weighted by molar-refractivity contribution is 6.36. The zero-order valence-electron chi connectivity index (χ0n) is 14.0. The largest absolute Gasteiger partial charge is 0.464 e. The van der Waals surface area contributed by atoms with Gasteiger partial charge >= 0.3 is 17.6 Å². The minimum atomic E-state index is -0.584. The fourth-order valence-corrected chi connectivity index (χ4v) is 2.73. The number of urea groups is 1. The number of benzene rings is 2. The van der Waals surface area contributed by atoms with Crippen molar-refractivity contribution in [3.63, 3.8) is 0 Å². The van der Waals surface area contributed by atoms with E-state index in [0.717, 1.165) is 5.56 Å². The van der Waals surface area contributed by atoms with E-state index < -0.39 is 5.63 Å². The van der Waals surface area contributed by atoms with Crippen LogP contribution in [0.5, 0.6) is 5.95 Å². The summed E-state index contributed by atoms with van der Waals surface area (Å²) < 4.78 is 10.8. The number of anilines is 1. The first-order valence-corrected chi connectivity index (χ1v) is 8.38. The van der Waals surface area contributed by atoms with Crippen molar-refractivity contribution in [3.05, 3.63) is 69.5 Å². The van der Waals surface area contributed by atoms with Crippen molar-refractivity contribution in [2.75, 3.05) is 19.0 Å². The highest BCUT2D eigenvalue weighted by atomic mass is 35.5. The van der Waals surface area contributed by atoms with E-state index in [-0.39, 0.29) is 22.4 Å². The Labute approximate surface area is 154 Å². The lowest BCUT2D eigenvalue weighted by molar-refractivity contribution is 0.235. The number of halogens is 1. The molecule has 0 saturated carbocycles. The van der Waals surface area contributed by atoms with Gasteiger partial charge in [-0.3, -0.25) is 0 Å². The highest BCUT2D eigenvalue weighted by Crippen LogP contribution is 2.32. The topological polar surface area (TPSA) is 80.6 Å². The van der Waals surface area contributed by atoms with E-state index in [2.05, 4.69) is 10.6 Å². The van der Waals surface area contributed by atoms with Crippen molar-refractivity contribution in [3.8, 4) is 5.95 Å². The summed E-state index contributed by atoms with van der Waals surface area (Å²) in [6, 6.07) is 14.2. The molecule has 0 fully saturated rings. The van der Waals surface area contributed by atoms with Gasteiger partial charge in [-0.1, -0.05) is 48.0 Å². The lowest BCUT2D eigenvalue weighted by atomic mass is 10.1. The van der Waals surface area contributed by atoms with Crippen LogP contribution in [0.2, 0.25) is 5.02 Å². The van der Waals surface area contributed by atoms with Gasteiger partial charge < -0.3 is 19.8 Å². The number of fused-ring (bicyclic) bond motifs is 1. The molecule has 0 saturated heterocycles. The number of hydrogen-bond donors (Lipinski definition) is 2. The Kier molecular flexibility index (Phi) is 5.43. The Balaban J connectivity index is 1.82. The lowest BCUT2D eigenvalue weighted by Gasteiger charge is -2.09. The minimum Gasteiger partial charge on any atom is -0.464 e. The SMILES string of the molecule is CNC(=O)Nc1ccc2c(Cl)c(OCCc3ccccc3)oc(=O)c2c1. The number of carbonyl (C=O) groups excluding carboxylic acids is 1. The van der Waals surface area contributed by atoms with Gasteiger partial charge in [-0.05, 0) is 17.7 Å². The second-order valence-corrected chi connectivity index (χ2v) is 5.92. The van der Waals surface area contributed by atoms with E-state index >= 15 is 0 Å². The van der Waals surface area contributed by atoms with Crippen LogP contribution in [0.1, 0.15) is 5.56 Å². The summed E-state index contributed by atoms with van der Waals surface area (Å²) in [4.78, 5) is 23.6. The third kappa shape index (κ3) is 3.97. The molecule has 2 aromatic carbocycles. The Hall–Kier alpha value is -2.99. The molecule has 2 N–H and O–H groups in total. The van der Waals surface area contributed by atoms with Crippen LogP contribution in [0.4, 0.5) is 10.5 Å². The molecule has 0 aliphatic heterocycles. The monoisotopic (exact) mass is 372 g/mol. The summed E-state index contributed by atoms with van der Waals surface area (Å²) in [5.41, 5.74) is 0.981. The maximum atomic E-state index is 12.3. The maximum absolute atomic E-state index is 12.3. The second-order valence-electron chi connectivity index (χ2n) is 5.54. The van der Waals surface area contributed by atoms with Crippen LogP contribution >= 0.6 is 11.6 Å². The molecule has 0 unspecified atom stereocenters. The van der Waals surface area contributed by atoms with Gasteiger partial charge in [0.2, 0.25) is 0 Å². The molecule has 0 aliphatic rings. The van der Waals surface area contributed by atoms with Gasteiger partial charge in [0.25, 0.3) is 0 Å². The van der Waals surface area contributed by atoms with Gasteiger partial charge in [-0.15, -0.1) is 0 Å². The number of nitrogens with one attached hydrogen (secondary N) is 2. The molecule has 2 amide bonds. The van der Waals surface area contributed by atoms with Crippen molar-refractivity contribution in [1.29, 1.82) is 0 Å². The molecular formula is C19H17ClN2O4. The minimum absolute atomic E-state index is 0.00731. The quantitative estimate of drug-likeness (QED) is 0.713. The van der Waals surface area contributed by atoms with E-state index in [9.17, 15) is 9.59 Å². The summed E-state index contributed by atoms with van der Waals surface area (Å²) in [6.45, 7) is 0.328. The molecule has 3 aromatic rings. The van der Waals surface area contributed by atoms with E-state index in [0.29, 0.717) is 24.1 Å². The number of amides is 2. The highest BCUT2D eigenvalue weighted by Gasteiger charge is 2.14. The normalized spacial score (nSPS) is 10.5. The second kappa shape index (κ2) is 7.93. The first-order valence-electron chi connectivity index (χ1n) is 8.00. The molecule has 26 heavy (non-hydrogen) atoms. The summed E-state index contributed by atoms with van der Waals surface area (Å²) in [5, 5.41) is 6.01. The van der Waals surface area contributed by atoms with Gasteiger partial charge in [0, 0.05) is 24.5 Å². The first-order chi connectivity index (χ1) is 12.6. The van der Waals surface area contributed by atoms with E-state index in [1.165, 1.54) is 13.1 Å². The van der Waals surface area contributed by atoms with Crippen molar-refractivity contribution in [2.24, 2.45) is 0 Å². The number of carbonyl (C=O) groups is 1. The summed E-state index contributed by atoms with van der Waals surface area (Å²) in [6.07, 6.45) is 0.661. The van der Waals surface area contributed by atoms with Crippen LogP contribution in [-0.2, 0) is 6.42 Å². The van der Waals surface area contributed by atoms with Crippen molar-refractivity contribution in [1.82, 2.24) is 5.32 Å². The maximum Gasteiger partial charge on any atom is 0.346 e. The molecule has 6 nitrogen and oxygen atoms in total. The van der Waals surface area contributed by atoms with Crippen LogP contribution in [-0.4, -0.2) is 19.7 Å². The number of hydrogen-bond acceptors (Lipinski definition) is 4. The molecule has 1 heterocycles. The van der Waals surface area contributed by atoms with Gasteiger partial charge in [-0.25, -0.2) is 9.59 Å². The zero-order valence-corrected chi connectivity index (χ0v) is 14.8. The molecule has 0 spiro atoms. The molecule has 3 rings (SSSR count). The first kappa shape index (κ1) is 17.8. The molecular weight excluding hydrogens is 356 g/mol. The Morgan fingerprint density at radius 3 is 2.65 bits per heavy atom. The predicted molar refractivity (Wildman–Crippen MR) is 101 cm³/mol. The third-order valence-electron chi connectivity index (χ3n) is 3.79. The molecule has 134 valence electrons. The van der Waals surface area contributed by atoms with Gasteiger partial charge in [0.1, 0.15) is 5.02 Å². The smallest absolute Gasteiger partial charge is 0.346 e. The third-order valence-corrected chi connectivity index (χ3v) is 4.15. The Morgan fingerprint density at radius 1 is 1.15 bits per heavy atom. The molecule has 1 aromatic heterocycles. The summed E-state index contributed by atoms with van der Waals surface area (Å²) in [5.74, 6) is -0.00731. The molecule has 0 bridgehead atoms. The van der Waals surface area contributed by atoms with Crippen LogP contribution < -0.4 is 21.0 Å². The summed E-state index contributed by atoms with van der Waals surface area (Å²) in [7, 11) is 1.50. The molecule has 0 aliphatic carbocycles. The molecule has 0 atom stereocenters. The van der Waals surface area contributed by atoms with Gasteiger partial charge in [0.05, 0.1) is 12.0 Å². The van der Waals surface area contributed by atoms with Gasteiger partial charge in [0.15, 0.2) is 0 Å². The van der Waals surface area contributed by atoms with Crippen LogP contribution in [0.25, 0.3) is 10.8 Å². The summed E-state index contributed by atoms with van der Waals surface area (Å²) >= 11 is 6.32. The van der Waals surface area contributed by atoms with Crippen LogP contribution in [0.3, 0.4) is 0 Å². The average Bonchev–Trinajstić information content (AvgIpc) is 2.66. The average molecular weight is 373 g/mol. The van der Waals surface area contributed by atoms with Gasteiger partial charge in [-0.2, -0.15) is 0 Å². The fourth-order valence-electron chi connectivity index (χ4n) is 2.47. The van der Waals surface area contributed by atoms with Crippen molar-refractivity contribution < 1.29 is 13.9 Å². The lowest BCUT2D eigenvalue weighted by Crippen LogP contribution is -2.24. The number of ether oxygens (including phenoxy) is 1. The number of rotatable bonds is 5.